The lowest BCUT2D eigenvalue weighted by atomic mass is 10.3. The van der Waals surface area contributed by atoms with Gasteiger partial charge in [0, 0.05) is 11.9 Å². The Morgan fingerprint density at radius 1 is 1.40 bits per heavy atom. The highest BCUT2D eigenvalue weighted by Gasteiger charge is 2.10. The molecule has 0 aliphatic carbocycles. The molecule has 0 aliphatic rings. The van der Waals surface area contributed by atoms with Crippen LogP contribution in [0.15, 0.2) is 44.5 Å². The van der Waals surface area contributed by atoms with Gasteiger partial charge in [0.05, 0.1) is 4.47 Å². The maximum absolute atomic E-state index is 13.0. The van der Waals surface area contributed by atoms with Gasteiger partial charge in [-0.1, -0.05) is 6.07 Å². The van der Waals surface area contributed by atoms with E-state index in [0.29, 0.717) is 0 Å². The number of benzene rings is 1. The van der Waals surface area contributed by atoms with Crippen LogP contribution in [0.3, 0.4) is 0 Å². The number of aromatic nitrogens is 2. The standard InChI is InChI=1S/C12H9BrFN3O3/c13-9-5-15-12(20)17(11(9)19)6-10(18)16-8-3-1-2-7(14)4-8/h1-5H,6H2,(H,15,20)(H,16,18). The number of nitrogens with zero attached hydrogens (tertiary/aromatic N) is 1. The first-order chi connectivity index (χ1) is 9.47. The number of anilines is 1. The van der Waals surface area contributed by atoms with Crippen molar-refractivity contribution in [3.63, 3.8) is 0 Å². The monoisotopic (exact) mass is 341 g/mol. The third kappa shape index (κ3) is 3.21. The van der Waals surface area contributed by atoms with E-state index in [1.165, 1.54) is 24.4 Å². The molecule has 1 amide bonds. The van der Waals surface area contributed by atoms with Crippen molar-refractivity contribution in [2.45, 2.75) is 6.54 Å². The summed E-state index contributed by atoms with van der Waals surface area (Å²) in [5.41, 5.74) is -1.08. The van der Waals surface area contributed by atoms with Crippen molar-refractivity contribution in [3.05, 3.63) is 61.6 Å². The second kappa shape index (κ2) is 5.83. The third-order valence-electron chi connectivity index (χ3n) is 2.43. The van der Waals surface area contributed by atoms with Gasteiger partial charge < -0.3 is 10.3 Å². The van der Waals surface area contributed by atoms with Gasteiger partial charge in [-0.2, -0.15) is 0 Å². The van der Waals surface area contributed by atoms with Gasteiger partial charge in [0.2, 0.25) is 5.91 Å². The molecule has 6 nitrogen and oxygen atoms in total. The summed E-state index contributed by atoms with van der Waals surface area (Å²) < 4.78 is 13.8. The van der Waals surface area contributed by atoms with E-state index in [9.17, 15) is 18.8 Å². The molecule has 0 saturated carbocycles. The fourth-order valence-corrected chi connectivity index (χ4v) is 1.87. The van der Waals surface area contributed by atoms with E-state index in [2.05, 4.69) is 26.2 Å². The lowest BCUT2D eigenvalue weighted by molar-refractivity contribution is -0.116. The first-order valence-electron chi connectivity index (χ1n) is 5.51. The highest BCUT2D eigenvalue weighted by atomic mass is 79.9. The summed E-state index contributed by atoms with van der Waals surface area (Å²) in [6.45, 7) is -0.468. The molecule has 8 heteroatoms. The fourth-order valence-electron chi connectivity index (χ4n) is 1.54. The summed E-state index contributed by atoms with van der Waals surface area (Å²) in [6.07, 6.45) is 1.20. The molecule has 1 heterocycles. The van der Waals surface area contributed by atoms with Crippen LogP contribution in [0, 0.1) is 5.82 Å². The molecule has 0 fully saturated rings. The smallest absolute Gasteiger partial charge is 0.324 e. The minimum atomic E-state index is -0.701. The second-order valence-electron chi connectivity index (χ2n) is 3.89. The van der Waals surface area contributed by atoms with Crippen LogP contribution in [0.25, 0.3) is 0 Å². The van der Waals surface area contributed by atoms with E-state index in [-0.39, 0.29) is 10.2 Å². The predicted octanol–water partition coefficient (Wildman–Crippen LogP) is 1.08. The van der Waals surface area contributed by atoms with Gasteiger partial charge >= 0.3 is 5.69 Å². The molecular formula is C12H9BrFN3O3. The molecule has 2 rings (SSSR count). The van der Waals surface area contributed by atoms with E-state index >= 15 is 0 Å². The van der Waals surface area contributed by atoms with Gasteiger partial charge in [0.15, 0.2) is 0 Å². The van der Waals surface area contributed by atoms with Gasteiger partial charge in [0.1, 0.15) is 12.4 Å². The number of carbonyl (C=O) groups excluding carboxylic acids is 1. The van der Waals surface area contributed by atoms with Crippen molar-refractivity contribution in [1.82, 2.24) is 9.55 Å². The van der Waals surface area contributed by atoms with Crippen molar-refractivity contribution >= 4 is 27.5 Å². The second-order valence-corrected chi connectivity index (χ2v) is 4.75. The van der Waals surface area contributed by atoms with Crippen LogP contribution in [-0.4, -0.2) is 15.5 Å². The van der Waals surface area contributed by atoms with Crippen molar-refractivity contribution in [2.24, 2.45) is 0 Å². The Balaban J connectivity index is 2.19. The molecule has 0 saturated heterocycles. The van der Waals surface area contributed by atoms with Crippen LogP contribution in [0.1, 0.15) is 0 Å². The van der Waals surface area contributed by atoms with E-state index in [4.69, 9.17) is 0 Å². The molecule has 0 radical (unpaired) electrons. The predicted molar refractivity (Wildman–Crippen MR) is 74.1 cm³/mol. The van der Waals surface area contributed by atoms with Crippen LogP contribution in [-0.2, 0) is 11.3 Å². The molecule has 20 heavy (non-hydrogen) atoms. The van der Waals surface area contributed by atoms with Gasteiger partial charge in [-0.25, -0.2) is 13.8 Å². The lowest BCUT2D eigenvalue weighted by Gasteiger charge is -2.06. The van der Waals surface area contributed by atoms with Crippen molar-refractivity contribution in [1.29, 1.82) is 0 Å². The first kappa shape index (κ1) is 14.2. The summed E-state index contributed by atoms with van der Waals surface area (Å²) in [5, 5.41) is 2.40. The maximum atomic E-state index is 13.0. The fraction of sp³-hybridized carbons (Fsp3) is 0.0833. The van der Waals surface area contributed by atoms with Crippen molar-refractivity contribution in [3.8, 4) is 0 Å². The quantitative estimate of drug-likeness (QED) is 0.875. The van der Waals surface area contributed by atoms with Crippen LogP contribution in [0.5, 0.6) is 0 Å². The number of hydrogen-bond acceptors (Lipinski definition) is 3. The molecule has 0 aliphatic heterocycles. The number of rotatable bonds is 3. The lowest BCUT2D eigenvalue weighted by Crippen LogP contribution is -2.38. The molecular weight excluding hydrogens is 333 g/mol. The Hall–Kier alpha value is -2.22. The van der Waals surface area contributed by atoms with Crippen LogP contribution >= 0.6 is 15.9 Å². The summed E-state index contributed by atoms with van der Waals surface area (Å²) in [4.78, 5) is 37.2. The molecule has 0 spiro atoms. The van der Waals surface area contributed by atoms with Crippen LogP contribution in [0.2, 0.25) is 0 Å². The number of amides is 1. The average molecular weight is 342 g/mol. The maximum Gasteiger partial charge on any atom is 0.328 e. The summed E-state index contributed by atoms with van der Waals surface area (Å²) in [5.74, 6) is -1.11. The van der Waals surface area contributed by atoms with E-state index in [1.807, 2.05) is 0 Å². The highest BCUT2D eigenvalue weighted by Crippen LogP contribution is 2.08. The largest absolute Gasteiger partial charge is 0.328 e. The third-order valence-corrected chi connectivity index (χ3v) is 3.00. The highest BCUT2D eigenvalue weighted by molar-refractivity contribution is 9.10. The molecule has 1 aromatic carbocycles. The van der Waals surface area contributed by atoms with E-state index in [1.54, 1.807) is 0 Å². The van der Waals surface area contributed by atoms with Crippen molar-refractivity contribution < 1.29 is 9.18 Å². The number of carbonyl (C=O) groups is 1. The van der Waals surface area contributed by atoms with E-state index < -0.39 is 29.5 Å². The Morgan fingerprint density at radius 2 is 2.15 bits per heavy atom. The molecule has 104 valence electrons. The van der Waals surface area contributed by atoms with E-state index in [0.717, 1.165) is 10.6 Å². The zero-order valence-electron chi connectivity index (χ0n) is 10.0. The van der Waals surface area contributed by atoms with Crippen LogP contribution < -0.4 is 16.6 Å². The normalized spacial score (nSPS) is 10.3. The summed E-state index contributed by atoms with van der Waals surface area (Å²) in [6, 6.07) is 5.29. The Labute approximate surface area is 120 Å². The SMILES string of the molecule is O=C(Cn1c(=O)[nH]cc(Br)c1=O)Nc1cccc(F)c1. The molecule has 1 aromatic heterocycles. The average Bonchev–Trinajstić information content (AvgIpc) is 2.39. The number of hydrogen-bond donors (Lipinski definition) is 2. The molecule has 0 atom stereocenters. The summed E-state index contributed by atoms with van der Waals surface area (Å²) in [7, 11) is 0. The van der Waals surface area contributed by atoms with Gasteiger partial charge in [-0.05, 0) is 34.1 Å². The number of nitrogens with one attached hydrogen (secondary N) is 2. The number of halogens is 2. The molecule has 0 unspecified atom stereocenters. The van der Waals surface area contributed by atoms with Gasteiger partial charge in [-0.15, -0.1) is 0 Å². The van der Waals surface area contributed by atoms with Gasteiger partial charge in [0.25, 0.3) is 5.56 Å². The van der Waals surface area contributed by atoms with Gasteiger partial charge in [-0.3, -0.25) is 9.59 Å². The van der Waals surface area contributed by atoms with Crippen LogP contribution in [0.4, 0.5) is 10.1 Å². The zero-order chi connectivity index (χ0) is 14.7. The Bertz CT molecular complexity index is 769. The number of aromatic amines is 1. The zero-order valence-corrected chi connectivity index (χ0v) is 11.6. The topological polar surface area (TPSA) is 84.0 Å². The first-order valence-corrected chi connectivity index (χ1v) is 6.30. The minimum Gasteiger partial charge on any atom is -0.324 e. The Morgan fingerprint density at radius 3 is 2.85 bits per heavy atom. The minimum absolute atomic E-state index is 0.135. The molecule has 2 aromatic rings. The Kier molecular flexibility index (Phi) is 4.14. The summed E-state index contributed by atoms with van der Waals surface area (Å²) >= 11 is 2.96. The number of H-pyrrole nitrogens is 1. The molecule has 2 N–H and O–H groups in total. The molecule has 0 bridgehead atoms. The van der Waals surface area contributed by atoms with Crippen molar-refractivity contribution in [2.75, 3.05) is 5.32 Å².